The highest BCUT2D eigenvalue weighted by Crippen LogP contribution is 2.63. The Balaban J connectivity index is 2.15. The molecule has 1 aromatic heterocycles. The Kier molecular flexibility index (Phi) is 2.31. The van der Waals surface area contributed by atoms with Gasteiger partial charge in [0.1, 0.15) is 0 Å². The highest BCUT2D eigenvalue weighted by atomic mass is 14.9. The molecule has 0 aliphatic heterocycles. The van der Waals surface area contributed by atoms with E-state index in [0.717, 1.165) is 12.5 Å². The number of hydrogen-bond acceptors (Lipinski definition) is 2. The van der Waals surface area contributed by atoms with Crippen molar-refractivity contribution in [3.05, 3.63) is 30.1 Å². The lowest BCUT2D eigenvalue weighted by Gasteiger charge is -2.01. The van der Waals surface area contributed by atoms with Gasteiger partial charge >= 0.3 is 0 Å². The molecule has 1 aliphatic carbocycles. The van der Waals surface area contributed by atoms with Gasteiger partial charge in [0.25, 0.3) is 0 Å². The molecule has 1 aliphatic rings. The zero-order valence-corrected chi connectivity index (χ0v) is 9.12. The van der Waals surface area contributed by atoms with Gasteiger partial charge in [-0.2, -0.15) is 0 Å². The van der Waals surface area contributed by atoms with Crippen molar-refractivity contribution in [1.82, 2.24) is 10.3 Å². The maximum absolute atomic E-state index is 4.06. The summed E-state index contributed by atoms with van der Waals surface area (Å²) in [6.45, 7) is 5.81. The van der Waals surface area contributed by atoms with Gasteiger partial charge in [-0.25, -0.2) is 0 Å². The van der Waals surface area contributed by atoms with E-state index in [2.05, 4.69) is 36.3 Å². The lowest BCUT2D eigenvalue weighted by Crippen LogP contribution is -2.12. The predicted octanol–water partition coefficient (Wildman–Crippen LogP) is 2.04. The molecule has 0 radical (unpaired) electrons. The minimum Gasteiger partial charge on any atom is -0.319 e. The predicted molar refractivity (Wildman–Crippen MR) is 58.2 cm³/mol. The lowest BCUT2D eigenvalue weighted by atomic mass is 10.0. The van der Waals surface area contributed by atoms with Gasteiger partial charge in [0, 0.05) is 12.4 Å². The fourth-order valence-corrected chi connectivity index (χ4v) is 2.58. The number of hydrogen-bond donors (Lipinski definition) is 1. The number of nitrogens with zero attached hydrogens (tertiary/aromatic N) is 1. The molecule has 1 heterocycles. The SMILES string of the molecule is CNCC1C(c2ccncc2)C1(C)C. The largest absolute Gasteiger partial charge is 0.319 e. The van der Waals surface area contributed by atoms with Gasteiger partial charge in [-0.15, -0.1) is 0 Å². The van der Waals surface area contributed by atoms with E-state index in [0.29, 0.717) is 11.3 Å². The summed E-state index contributed by atoms with van der Waals surface area (Å²) >= 11 is 0. The molecule has 0 spiro atoms. The molecule has 1 saturated carbocycles. The minimum atomic E-state index is 0.449. The summed E-state index contributed by atoms with van der Waals surface area (Å²) in [6.07, 6.45) is 3.78. The van der Waals surface area contributed by atoms with Crippen LogP contribution in [0.2, 0.25) is 0 Å². The van der Waals surface area contributed by atoms with E-state index in [1.807, 2.05) is 19.4 Å². The Morgan fingerprint density at radius 2 is 2.00 bits per heavy atom. The molecule has 2 heteroatoms. The van der Waals surface area contributed by atoms with Crippen LogP contribution in [0.5, 0.6) is 0 Å². The van der Waals surface area contributed by atoms with Gasteiger partial charge in [0.15, 0.2) is 0 Å². The first-order chi connectivity index (χ1) is 6.68. The third-order valence-electron chi connectivity index (χ3n) is 3.54. The van der Waals surface area contributed by atoms with Crippen LogP contribution in [0.25, 0.3) is 0 Å². The van der Waals surface area contributed by atoms with E-state index >= 15 is 0 Å². The van der Waals surface area contributed by atoms with Gasteiger partial charge in [0.05, 0.1) is 0 Å². The molecule has 1 aromatic rings. The standard InChI is InChI=1S/C12H18N2/c1-12(2)10(8-13-3)11(12)9-4-6-14-7-5-9/h4-7,10-11,13H,8H2,1-3H3. The molecule has 1 fully saturated rings. The summed E-state index contributed by atoms with van der Waals surface area (Å²) in [7, 11) is 2.03. The van der Waals surface area contributed by atoms with Gasteiger partial charge in [-0.1, -0.05) is 13.8 Å². The van der Waals surface area contributed by atoms with E-state index in [-0.39, 0.29) is 0 Å². The van der Waals surface area contributed by atoms with E-state index in [1.54, 1.807) is 0 Å². The van der Waals surface area contributed by atoms with Crippen molar-refractivity contribution in [3.8, 4) is 0 Å². The van der Waals surface area contributed by atoms with Crippen LogP contribution in [0.3, 0.4) is 0 Å². The molecule has 2 atom stereocenters. The Labute approximate surface area is 85.7 Å². The van der Waals surface area contributed by atoms with Crippen molar-refractivity contribution in [3.63, 3.8) is 0 Å². The second kappa shape index (κ2) is 3.35. The molecule has 0 saturated heterocycles. The van der Waals surface area contributed by atoms with Gasteiger partial charge < -0.3 is 5.32 Å². The summed E-state index contributed by atoms with van der Waals surface area (Å²) in [6, 6.07) is 4.28. The molecule has 1 N–H and O–H groups in total. The summed E-state index contributed by atoms with van der Waals surface area (Å²) in [4.78, 5) is 4.06. The molecule has 0 amide bonds. The number of rotatable bonds is 3. The molecular formula is C12H18N2. The third-order valence-corrected chi connectivity index (χ3v) is 3.54. The summed E-state index contributed by atoms with van der Waals surface area (Å²) in [5, 5.41) is 3.27. The van der Waals surface area contributed by atoms with Crippen LogP contribution >= 0.6 is 0 Å². The van der Waals surface area contributed by atoms with Gasteiger partial charge in [-0.05, 0) is 48.5 Å². The number of aromatic nitrogens is 1. The Hall–Kier alpha value is -0.890. The zero-order chi connectivity index (χ0) is 10.2. The Morgan fingerprint density at radius 1 is 1.36 bits per heavy atom. The number of pyridine rings is 1. The van der Waals surface area contributed by atoms with E-state index < -0.39 is 0 Å². The average Bonchev–Trinajstić information content (AvgIpc) is 2.71. The normalized spacial score (nSPS) is 28.8. The highest BCUT2D eigenvalue weighted by molar-refractivity contribution is 5.30. The first kappa shape index (κ1) is 9.66. The summed E-state index contributed by atoms with van der Waals surface area (Å²) in [5.74, 6) is 1.48. The minimum absolute atomic E-state index is 0.449. The van der Waals surface area contributed by atoms with Crippen LogP contribution in [-0.2, 0) is 0 Å². The van der Waals surface area contributed by atoms with E-state index in [1.165, 1.54) is 5.56 Å². The van der Waals surface area contributed by atoms with Crippen molar-refractivity contribution in [2.24, 2.45) is 11.3 Å². The van der Waals surface area contributed by atoms with Crippen LogP contribution in [-0.4, -0.2) is 18.6 Å². The molecule has 0 bridgehead atoms. The summed E-state index contributed by atoms with van der Waals surface area (Å²) < 4.78 is 0. The molecule has 14 heavy (non-hydrogen) atoms. The van der Waals surface area contributed by atoms with Crippen molar-refractivity contribution in [2.45, 2.75) is 19.8 Å². The highest BCUT2D eigenvalue weighted by Gasteiger charge is 2.57. The monoisotopic (exact) mass is 190 g/mol. The fourth-order valence-electron chi connectivity index (χ4n) is 2.58. The fraction of sp³-hybridized carbons (Fsp3) is 0.583. The van der Waals surface area contributed by atoms with Crippen LogP contribution in [0.15, 0.2) is 24.5 Å². The second-order valence-corrected chi connectivity index (χ2v) is 4.74. The molecule has 2 nitrogen and oxygen atoms in total. The first-order valence-electron chi connectivity index (χ1n) is 5.22. The zero-order valence-electron chi connectivity index (χ0n) is 9.12. The number of nitrogens with one attached hydrogen (secondary N) is 1. The van der Waals surface area contributed by atoms with Crippen molar-refractivity contribution >= 4 is 0 Å². The molecule has 2 rings (SSSR count). The molecule has 76 valence electrons. The topological polar surface area (TPSA) is 24.9 Å². The van der Waals surface area contributed by atoms with Crippen LogP contribution in [0.4, 0.5) is 0 Å². The van der Waals surface area contributed by atoms with Crippen molar-refractivity contribution in [1.29, 1.82) is 0 Å². The second-order valence-electron chi connectivity index (χ2n) is 4.74. The average molecular weight is 190 g/mol. The van der Waals surface area contributed by atoms with Crippen LogP contribution < -0.4 is 5.32 Å². The Morgan fingerprint density at radius 3 is 2.57 bits per heavy atom. The lowest BCUT2D eigenvalue weighted by molar-refractivity contribution is 0.536. The van der Waals surface area contributed by atoms with Crippen LogP contribution in [0.1, 0.15) is 25.3 Å². The van der Waals surface area contributed by atoms with Crippen molar-refractivity contribution in [2.75, 3.05) is 13.6 Å². The molecule has 0 aromatic carbocycles. The first-order valence-corrected chi connectivity index (χ1v) is 5.22. The molecule has 2 unspecified atom stereocenters. The van der Waals surface area contributed by atoms with Crippen LogP contribution in [0, 0.1) is 11.3 Å². The Bertz CT molecular complexity index is 305. The van der Waals surface area contributed by atoms with Gasteiger partial charge in [-0.3, -0.25) is 4.98 Å². The van der Waals surface area contributed by atoms with Gasteiger partial charge in [0.2, 0.25) is 0 Å². The summed E-state index contributed by atoms with van der Waals surface area (Å²) in [5.41, 5.74) is 1.88. The van der Waals surface area contributed by atoms with E-state index in [9.17, 15) is 0 Å². The maximum Gasteiger partial charge on any atom is 0.0270 e. The molecular weight excluding hydrogens is 172 g/mol. The smallest absolute Gasteiger partial charge is 0.0270 e. The quantitative estimate of drug-likeness (QED) is 0.789. The van der Waals surface area contributed by atoms with Crippen molar-refractivity contribution < 1.29 is 0 Å². The van der Waals surface area contributed by atoms with E-state index in [4.69, 9.17) is 0 Å². The maximum atomic E-state index is 4.06. The third kappa shape index (κ3) is 1.44.